The van der Waals surface area contributed by atoms with Crippen molar-refractivity contribution in [1.29, 1.82) is 0 Å². The number of carbonyl (C=O) groups excluding carboxylic acids is 18. The summed E-state index contributed by atoms with van der Waals surface area (Å²) in [6.45, 7) is 10.1. The zero-order chi connectivity index (χ0) is 99.8. The Morgan fingerprint density at radius 3 is 1.75 bits per heavy atom. The third-order valence-electron chi connectivity index (χ3n) is 23.9. The number of likely N-dealkylation sites (N-methyl/N-ethyl adjacent to an activating group) is 3. The summed E-state index contributed by atoms with van der Waals surface area (Å²) in [6, 6.07) is 1.50. The Morgan fingerprint density at radius 1 is 0.563 bits per heavy atom. The molecule has 43 heteroatoms. The number of nitrogens with two attached hydrogens (primary N) is 5. The number of nitrogens with zero attached hydrogens (tertiary/aromatic N) is 6. The van der Waals surface area contributed by atoms with Crippen molar-refractivity contribution in [2.45, 2.75) is 249 Å². The van der Waals surface area contributed by atoms with Crippen molar-refractivity contribution in [3.63, 3.8) is 0 Å². The van der Waals surface area contributed by atoms with Crippen LogP contribution >= 0.6 is 11.8 Å². The molecular formula is C92H135N21O21S. The summed E-state index contributed by atoms with van der Waals surface area (Å²) in [5, 5.41) is 46.3. The number of phenolic OH excluding ortho intramolecular Hbond substituents is 1. The zero-order valence-corrected chi connectivity index (χ0v) is 79.4. The Hall–Kier alpha value is -12.8. The maximum absolute atomic E-state index is 15.9. The molecule has 14 atom stereocenters. The predicted octanol–water partition coefficient (Wildman–Crippen LogP) is -1.77. The number of amides is 17. The van der Waals surface area contributed by atoms with Gasteiger partial charge in [-0.05, 0) is 118 Å². The topological polar surface area (TPSA) is 632 Å². The number of aliphatic hydroxyl groups excluding tert-OH is 1. The molecule has 4 heterocycles. The lowest BCUT2D eigenvalue weighted by molar-refractivity contribution is -0.149. The van der Waals surface area contributed by atoms with Crippen molar-refractivity contribution >= 4 is 140 Å². The van der Waals surface area contributed by atoms with Gasteiger partial charge in [0.05, 0.1) is 31.9 Å². The smallest absolute Gasteiger partial charge is 0.325 e. The van der Waals surface area contributed by atoms with Gasteiger partial charge in [-0.25, -0.2) is 0 Å². The van der Waals surface area contributed by atoms with E-state index in [9.17, 15) is 67.7 Å². The van der Waals surface area contributed by atoms with Crippen LogP contribution < -0.4 is 76.5 Å². The third-order valence-corrected chi connectivity index (χ3v) is 25.0. The molecule has 740 valence electrons. The number of ether oxygens (including phenoxy) is 1. The molecule has 42 nitrogen and oxygen atoms in total. The van der Waals surface area contributed by atoms with Crippen molar-refractivity contribution in [2.75, 3.05) is 72.5 Å². The number of unbranched alkanes of at least 4 members (excludes halogenated alkanes) is 2. The van der Waals surface area contributed by atoms with E-state index in [-0.39, 0.29) is 126 Å². The number of phenols is 1. The van der Waals surface area contributed by atoms with E-state index in [0.29, 0.717) is 58.6 Å². The van der Waals surface area contributed by atoms with E-state index >= 15 is 28.8 Å². The molecule has 2 aromatic heterocycles. The number of likely N-dealkylation sites (tertiary alicyclic amines) is 2. The summed E-state index contributed by atoms with van der Waals surface area (Å²) in [5.74, 6) is -15.7. The van der Waals surface area contributed by atoms with Gasteiger partial charge in [0.15, 0.2) is 0 Å². The number of nitrogens with one attached hydrogen (secondary N) is 10. The van der Waals surface area contributed by atoms with Gasteiger partial charge in [0.1, 0.15) is 90.8 Å². The van der Waals surface area contributed by atoms with E-state index in [1.54, 1.807) is 105 Å². The van der Waals surface area contributed by atoms with Gasteiger partial charge in [0.25, 0.3) is 0 Å². The Morgan fingerprint density at radius 2 is 1.12 bits per heavy atom. The molecule has 5 aromatic rings. The first-order chi connectivity index (χ1) is 64.0. The lowest BCUT2D eigenvalue weighted by Gasteiger charge is -2.36. The minimum atomic E-state index is -1.62. The van der Waals surface area contributed by atoms with E-state index in [2.05, 4.69) is 52.8 Å². The number of thioether (sulfide) groups is 1. The van der Waals surface area contributed by atoms with Crippen LogP contribution in [0.2, 0.25) is 0 Å². The highest BCUT2D eigenvalue weighted by molar-refractivity contribution is 8.00. The van der Waals surface area contributed by atoms with Gasteiger partial charge in [-0.3, -0.25) is 86.3 Å². The number of fused-ring (bicyclic) bond motifs is 2. The molecule has 17 amide bonds. The van der Waals surface area contributed by atoms with E-state index < -0.39 is 217 Å². The van der Waals surface area contributed by atoms with Crippen molar-refractivity contribution in [3.8, 4) is 5.75 Å². The molecule has 2 aliphatic rings. The Labute approximate surface area is 788 Å². The van der Waals surface area contributed by atoms with E-state index in [4.69, 9.17) is 33.4 Å². The summed E-state index contributed by atoms with van der Waals surface area (Å²) in [7, 11) is 5.36. The first-order valence-corrected chi connectivity index (χ1v) is 46.8. The Balaban J connectivity index is 1.14. The second-order valence-corrected chi connectivity index (χ2v) is 36.2. The number of esters is 1. The number of methoxy groups -OCH3 is 1. The van der Waals surface area contributed by atoms with Crippen LogP contribution in [0.25, 0.3) is 21.8 Å². The molecule has 0 radical (unpaired) electrons. The summed E-state index contributed by atoms with van der Waals surface area (Å²) in [6.07, 6.45) is 2.34. The van der Waals surface area contributed by atoms with Crippen LogP contribution in [0, 0.1) is 11.8 Å². The van der Waals surface area contributed by atoms with Gasteiger partial charge in [0, 0.05) is 106 Å². The molecule has 0 spiro atoms. The predicted molar refractivity (Wildman–Crippen MR) is 501 cm³/mol. The first-order valence-electron chi connectivity index (χ1n) is 45.6. The number of hydrogen-bond acceptors (Lipinski definition) is 24. The first kappa shape index (κ1) is 109. The Kier molecular flexibility index (Phi) is 42.7. The number of β-amino-alcohol motifs (C(OH)–C–C–N with tert-alkyl or cyclic N) is 1. The molecule has 2 saturated heterocycles. The fourth-order valence-corrected chi connectivity index (χ4v) is 17.2. The normalized spacial score (nSPS) is 16.6. The molecule has 135 heavy (non-hydrogen) atoms. The number of para-hydroxylation sites is 2. The molecule has 22 N–H and O–H groups in total. The van der Waals surface area contributed by atoms with Gasteiger partial charge >= 0.3 is 5.97 Å². The van der Waals surface area contributed by atoms with Gasteiger partial charge in [-0.15, -0.1) is 11.8 Å². The fourth-order valence-electron chi connectivity index (χ4n) is 16.4. The average Bonchev–Trinajstić information content (AvgIpc) is 1.61. The quantitative estimate of drug-likeness (QED) is 0.0192. The SMILES string of the molecule is CCCC[C@@H](C(=O)N(C)[C@@H](CCCC)C(=O)N[C@@H](CC(C)C)C(=O)N[C@@H](CSCC(N)=O)C(=O)NCC(N)=O)N(C)C(=O)[C@H](Cc1cn(CC(=O)OC)c2ccccc12)NC(=O)[C@H](CCN)NC(=O)[C@H](Cc1c[nH]c2ccccc12)NC(=O)[C@@H]1C[C@@H](O)CN1C(=O)[C@H](CC(C)C)NC(=O)[C@H](CN)NC(=O)[C@@H]1CCCN1C(=O)[C@H](CC(N)=O)NC(=O)[C@H](C)N(C)C(=O)CCc1ccc(O)cc1. The number of benzene rings is 3. The monoisotopic (exact) mass is 1900 g/mol. The van der Waals surface area contributed by atoms with Gasteiger partial charge in [-0.2, -0.15) is 0 Å². The van der Waals surface area contributed by atoms with Crippen LogP contribution in [0.5, 0.6) is 5.75 Å². The molecule has 0 unspecified atom stereocenters. The van der Waals surface area contributed by atoms with Crippen LogP contribution in [-0.2, 0) is 117 Å². The van der Waals surface area contributed by atoms with Crippen LogP contribution in [0.4, 0.5) is 0 Å². The number of aromatic amines is 1. The minimum absolute atomic E-state index is 0.0139. The van der Waals surface area contributed by atoms with Crippen molar-refractivity contribution < 1.29 is 101 Å². The van der Waals surface area contributed by atoms with Gasteiger partial charge < -0.3 is 126 Å². The van der Waals surface area contributed by atoms with Crippen LogP contribution in [-0.4, -0.2) is 308 Å². The van der Waals surface area contributed by atoms with E-state index in [1.165, 1.54) is 62.0 Å². The number of aliphatic hydroxyl groups is 1. The lowest BCUT2D eigenvalue weighted by Crippen LogP contribution is -2.61. The van der Waals surface area contributed by atoms with Crippen molar-refractivity contribution in [3.05, 3.63) is 102 Å². The summed E-state index contributed by atoms with van der Waals surface area (Å²) >= 11 is 0.932. The van der Waals surface area contributed by atoms with Gasteiger partial charge in [0.2, 0.25) is 100 Å². The van der Waals surface area contributed by atoms with Crippen LogP contribution in [0.3, 0.4) is 0 Å². The molecular weight excluding hydrogens is 1770 g/mol. The summed E-state index contributed by atoms with van der Waals surface area (Å²) < 4.78 is 6.63. The molecule has 2 fully saturated rings. The number of rotatable bonds is 54. The number of aryl methyl sites for hydroxylation is 1. The average molecular weight is 1900 g/mol. The highest BCUT2D eigenvalue weighted by Crippen LogP contribution is 2.29. The second-order valence-electron chi connectivity index (χ2n) is 35.2. The largest absolute Gasteiger partial charge is 0.508 e. The molecule has 7 rings (SSSR count). The molecule has 0 bridgehead atoms. The number of aromatic nitrogens is 2. The number of carbonyl (C=O) groups is 18. The maximum atomic E-state index is 15.9. The summed E-state index contributed by atoms with van der Waals surface area (Å²) in [5.41, 5.74) is 31.5. The Bertz CT molecular complexity index is 5010. The lowest BCUT2D eigenvalue weighted by atomic mass is 9.99. The van der Waals surface area contributed by atoms with E-state index in [0.717, 1.165) is 27.1 Å². The zero-order valence-electron chi connectivity index (χ0n) is 78.6. The number of primary amides is 3. The number of aromatic hydroxyl groups is 1. The maximum Gasteiger partial charge on any atom is 0.325 e. The third kappa shape index (κ3) is 31.7. The summed E-state index contributed by atoms with van der Waals surface area (Å²) in [4.78, 5) is 264. The van der Waals surface area contributed by atoms with Crippen LogP contribution in [0.15, 0.2) is 85.2 Å². The molecule has 0 saturated carbocycles. The highest BCUT2D eigenvalue weighted by Gasteiger charge is 2.46. The number of hydrogen-bond donors (Lipinski definition) is 17. The second kappa shape index (κ2) is 52.8. The molecule has 0 aliphatic carbocycles. The highest BCUT2D eigenvalue weighted by atomic mass is 32.2. The van der Waals surface area contributed by atoms with Crippen molar-refractivity contribution in [2.24, 2.45) is 40.5 Å². The fraction of sp³-hybridized carbons (Fsp3) is 0.565. The standard InChI is InChI=1S/C92H135N21O21S/c1-12-14-24-71(86(127)101-63(37-51(3)4)83(124)107-69(49-135-50-77(97)118)81(122)99-45-76(96)117)109(9)92(133)73(25-15-13-2)110(10)89(130)66(40-56-46-111(48-79(120)134-11)70-26-19-17-22-60(56)70)105-82(123)62(34-35-93)100-84(125)64(39-55-44-98-61-23-18-16-21-59(55)61)102-88(129)74-41-58(115)47-113(74)91(132)65(38-52(5)6)104-85(126)68(43-94)106-87(128)72-27-20-36-112(72)90(131)67(42-75(95)116)103-80(121)53(7)108(8)78(119)33-30-54-28-31-57(114)32-29-54/h16-19,21-23,26,28-29,31-32,44,46,51-53,58,62-69,71-74,98,114-115H,12-15,20,24-25,27,30,33-43,45,47-50,93-94H2,1-11H3,(H2,95,116)(H2,96,117)(H2,97,118)(H,99,122)(H,100,125)(H,101,127)(H,102,129)(H,103,121)(H,104,126)(H,105,123)(H,106,128)(H,107,124)/t53-,58+,62-,63-,64-,65-,66-,67-,68-,69-,71-,72-,73-,74-/m0/s1. The van der Waals surface area contributed by atoms with E-state index in [1.807, 2.05) is 13.8 Å². The molecule has 3 aromatic carbocycles. The van der Waals surface area contributed by atoms with Gasteiger partial charge in [-0.1, -0.05) is 116 Å². The van der Waals surface area contributed by atoms with Crippen LogP contribution in [0.1, 0.15) is 155 Å². The molecule has 2 aliphatic heterocycles. The van der Waals surface area contributed by atoms with Crippen molar-refractivity contribution in [1.82, 2.24) is 81.9 Å². The number of H-pyrrole nitrogens is 1. The minimum Gasteiger partial charge on any atom is -0.508 e.